The number of hydrogen-bond donors (Lipinski definition) is 1. The lowest BCUT2D eigenvalue weighted by molar-refractivity contribution is 0.582. The summed E-state index contributed by atoms with van der Waals surface area (Å²) in [6, 6.07) is 11.8. The molecule has 0 fully saturated rings. The molecule has 0 saturated carbocycles. The summed E-state index contributed by atoms with van der Waals surface area (Å²) in [5, 5.41) is 0. The fourth-order valence-electron chi connectivity index (χ4n) is 2.28. The Labute approximate surface area is 129 Å². The molecule has 1 N–H and O–H groups in total. The maximum atomic E-state index is 5.43. The molecule has 1 aromatic carbocycles. The SMILES string of the molecule is Brc1cncc(-c2nc3ccc(-c4ccco4)cc3[nH]2)c1. The number of nitrogens with one attached hydrogen (secondary N) is 1. The third-order valence-corrected chi connectivity index (χ3v) is 3.70. The summed E-state index contributed by atoms with van der Waals surface area (Å²) in [6.07, 6.45) is 5.21. The lowest BCUT2D eigenvalue weighted by Gasteiger charge is -1.96. The minimum atomic E-state index is 0.801. The fraction of sp³-hybridized carbons (Fsp3) is 0. The van der Waals surface area contributed by atoms with Gasteiger partial charge in [0.1, 0.15) is 11.6 Å². The molecule has 0 bridgehead atoms. The highest BCUT2D eigenvalue weighted by Gasteiger charge is 2.08. The Balaban J connectivity index is 1.83. The summed E-state index contributed by atoms with van der Waals surface area (Å²) in [7, 11) is 0. The van der Waals surface area contributed by atoms with Gasteiger partial charge in [0.05, 0.1) is 17.3 Å². The molecule has 0 aliphatic carbocycles. The quantitative estimate of drug-likeness (QED) is 0.578. The maximum absolute atomic E-state index is 5.43. The molecule has 102 valence electrons. The Morgan fingerprint density at radius 1 is 1.05 bits per heavy atom. The van der Waals surface area contributed by atoms with Crippen LogP contribution >= 0.6 is 15.9 Å². The van der Waals surface area contributed by atoms with Crippen LogP contribution in [0.15, 0.2) is 63.9 Å². The summed E-state index contributed by atoms with van der Waals surface area (Å²) in [4.78, 5) is 12.1. The van der Waals surface area contributed by atoms with Crippen molar-refractivity contribution in [3.8, 4) is 22.7 Å². The number of nitrogens with zero attached hydrogens (tertiary/aromatic N) is 2. The molecule has 5 heteroatoms. The zero-order valence-electron chi connectivity index (χ0n) is 10.9. The predicted octanol–water partition coefficient (Wildman–Crippen LogP) is 4.65. The van der Waals surface area contributed by atoms with Crippen molar-refractivity contribution < 1.29 is 4.42 Å². The van der Waals surface area contributed by atoms with E-state index in [1.807, 2.05) is 36.4 Å². The summed E-state index contributed by atoms with van der Waals surface area (Å²) >= 11 is 3.42. The lowest BCUT2D eigenvalue weighted by Crippen LogP contribution is -1.82. The summed E-state index contributed by atoms with van der Waals surface area (Å²) in [5.74, 6) is 1.65. The van der Waals surface area contributed by atoms with Gasteiger partial charge in [0.2, 0.25) is 0 Å². The van der Waals surface area contributed by atoms with E-state index in [1.54, 1.807) is 18.7 Å². The maximum Gasteiger partial charge on any atom is 0.140 e. The Morgan fingerprint density at radius 2 is 2.00 bits per heavy atom. The average Bonchev–Trinajstić information content (AvgIpc) is 3.16. The number of H-pyrrole nitrogens is 1. The first-order valence-corrected chi connectivity index (χ1v) is 7.23. The number of fused-ring (bicyclic) bond motifs is 1. The smallest absolute Gasteiger partial charge is 0.140 e. The van der Waals surface area contributed by atoms with Gasteiger partial charge in [-0.15, -0.1) is 0 Å². The molecule has 0 amide bonds. The Morgan fingerprint density at radius 3 is 2.81 bits per heavy atom. The van der Waals surface area contributed by atoms with E-state index in [9.17, 15) is 0 Å². The first-order chi connectivity index (χ1) is 10.3. The third-order valence-electron chi connectivity index (χ3n) is 3.27. The van der Waals surface area contributed by atoms with Crippen molar-refractivity contribution in [1.29, 1.82) is 0 Å². The number of benzene rings is 1. The van der Waals surface area contributed by atoms with E-state index in [-0.39, 0.29) is 0 Å². The van der Waals surface area contributed by atoms with Crippen molar-refractivity contribution in [2.75, 3.05) is 0 Å². The first kappa shape index (κ1) is 12.3. The van der Waals surface area contributed by atoms with Gasteiger partial charge in [-0.3, -0.25) is 4.98 Å². The van der Waals surface area contributed by atoms with E-state index in [4.69, 9.17) is 4.42 Å². The molecule has 0 spiro atoms. The molecule has 21 heavy (non-hydrogen) atoms. The van der Waals surface area contributed by atoms with E-state index in [0.717, 1.165) is 38.2 Å². The van der Waals surface area contributed by atoms with Crippen molar-refractivity contribution in [3.63, 3.8) is 0 Å². The van der Waals surface area contributed by atoms with Crippen LogP contribution in [0.3, 0.4) is 0 Å². The van der Waals surface area contributed by atoms with Crippen LogP contribution in [0.5, 0.6) is 0 Å². The number of halogens is 1. The van der Waals surface area contributed by atoms with Gasteiger partial charge in [-0.1, -0.05) is 0 Å². The van der Waals surface area contributed by atoms with Crippen LogP contribution in [-0.4, -0.2) is 15.0 Å². The average molecular weight is 340 g/mol. The molecule has 3 heterocycles. The second-order valence-corrected chi connectivity index (χ2v) is 5.60. The molecule has 4 aromatic rings. The van der Waals surface area contributed by atoms with Crippen LogP contribution in [-0.2, 0) is 0 Å². The molecular weight excluding hydrogens is 330 g/mol. The van der Waals surface area contributed by atoms with Crippen LogP contribution < -0.4 is 0 Å². The normalized spacial score (nSPS) is 11.1. The van der Waals surface area contributed by atoms with Crippen LogP contribution in [0.2, 0.25) is 0 Å². The second-order valence-electron chi connectivity index (χ2n) is 4.69. The number of hydrogen-bond acceptors (Lipinski definition) is 3. The van der Waals surface area contributed by atoms with Gasteiger partial charge in [0.15, 0.2) is 0 Å². The Kier molecular flexibility index (Phi) is 2.86. The van der Waals surface area contributed by atoms with E-state index < -0.39 is 0 Å². The third kappa shape index (κ3) is 2.25. The van der Waals surface area contributed by atoms with Gasteiger partial charge >= 0.3 is 0 Å². The predicted molar refractivity (Wildman–Crippen MR) is 84.7 cm³/mol. The highest BCUT2D eigenvalue weighted by molar-refractivity contribution is 9.10. The minimum absolute atomic E-state index is 0.801. The molecule has 3 aromatic heterocycles. The van der Waals surface area contributed by atoms with Gasteiger partial charge in [-0.25, -0.2) is 4.98 Å². The largest absolute Gasteiger partial charge is 0.464 e. The molecule has 0 aliphatic rings. The molecule has 0 aliphatic heterocycles. The zero-order chi connectivity index (χ0) is 14.2. The molecule has 4 rings (SSSR count). The molecule has 0 atom stereocenters. The van der Waals surface area contributed by atoms with E-state index in [1.165, 1.54) is 0 Å². The van der Waals surface area contributed by atoms with Crippen molar-refractivity contribution in [3.05, 3.63) is 59.5 Å². The van der Waals surface area contributed by atoms with Crippen LogP contribution in [0.25, 0.3) is 33.7 Å². The molecule has 0 unspecified atom stereocenters. The van der Waals surface area contributed by atoms with E-state index in [2.05, 4.69) is 30.9 Å². The first-order valence-electron chi connectivity index (χ1n) is 6.44. The number of furan rings is 1. The van der Waals surface area contributed by atoms with Crippen LogP contribution in [0.1, 0.15) is 0 Å². The van der Waals surface area contributed by atoms with Crippen LogP contribution in [0, 0.1) is 0 Å². The highest BCUT2D eigenvalue weighted by atomic mass is 79.9. The van der Waals surface area contributed by atoms with Gasteiger partial charge in [0, 0.05) is 28.0 Å². The summed E-state index contributed by atoms with van der Waals surface area (Å²) < 4.78 is 6.35. The summed E-state index contributed by atoms with van der Waals surface area (Å²) in [5.41, 5.74) is 3.86. The summed E-state index contributed by atoms with van der Waals surface area (Å²) in [6.45, 7) is 0. The van der Waals surface area contributed by atoms with Gasteiger partial charge in [-0.2, -0.15) is 0 Å². The number of aromatic amines is 1. The van der Waals surface area contributed by atoms with E-state index in [0.29, 0.717) is 0 Å². The molecule has 0 radical (unpaired) electrons. The van der Waals surface area contributed by atoms with Crippen LogP contribution in [0.4, 0.5) is 0 Å². The van der Waals surface area contributed by atoms with Gasteiger partial charge in [0.25, 0.3) is 0 Å². The van der Waals surface area contributed by atoms with Crippen molar-refractivity contribution >= 4 is 27.0 Å². The van der Waals surface area contributed by atoms with E-state index >= 15 is 0 Å². The monoisotopic (exact) mass is 339 g/mol. The van der Waals surface area contributed by atoms with Gasteiger partial charge < -0.3 is 9.40 Å². The lowest BCUT2D eigenvalue weighted by atomic mass is 10.1. The molecular formula is C16H10BrN3O. The van der Waals surface area contributed by atoms with Crippen molar-refractivity contribution in [2.24, 2.45) is 0 Å². The number of imidazole rings is 1. The standard InChI is InChI=1S/C16H10BrN3O/c17-12-6-11(8-18-9-12)16-19-13-4-3-10(7-14(13)20-16)15-2-1-5-21-15/h1-9H,(H,19,20). The van der Waals surface area contributed by atoms with Crippen molar-refractivity contribution in [2.45, 2.75) is 0 Å². The molecule has 0 saturated heterocycles. The zero-order valence-corrected chi connectivity index (χ0v) is 12.5. The fourth-order valence-corrected chi connectivity index (χ4v) is 2.65. The number of pyridine rings is 1. The number of rotatable bonds is 2. The second kappa shape index (κ2) is 4.86. The highest BCUT2D eigenvalue weighted by Crippen LogP contribution is 2.26. The Bertz CT molecular complexity index is 912. The van der Waals surface area contributed by atoms with Crippen molar-refractivity contribution in [1.82, 2.24) is 15.0 Å². The number of aromatic nitrogens is 3. The Hall–Kier alpha value is -2.40. The minimum Gasteiger partial charge on any atom is -0.464 e. The topological polar surface area (TPSA) is 54.7 Å². The van der Waals surface area contributed by atoms with Gasteiger partial charge in [-0.05, 0) is 52.3 Å². The molecule has 4 nitrogen and oxygen atoms in total.